The van der Waals surface area contributed by atoms with Crippen molar-refractivity contribution in [2.24, 2.45) is 11.8 Å². The molecule has 82 valence electrons. The first kappa shape index (κ1) is 10.5. The molecule has 2 saturated carbocycles. The highest BCUT2D eigenvalue weighted by Gasteiger charge is 2.21. The van der Waals surface area contributed by atoms with Gasteiger partial charge in [-0.25, -0.2) is 0 Å². The van der Waals surface area contributed by atoms with Crippen molar-refractivity contribution >= 4 is 0 Å². The van der Waals surface area contributed by atoms with Gasteiger partial charge in [-0.15, -0.1) is 0 Å². The third kappa shape index (κ3) is 3.61. The van der Waals surface area contributed by atoms with Crippen molar-refractivity contribution < 1.29 is 0 Å². The van der Waals surface area contributed by atoms with Crippen LogP contribution in [0, 0.1) is 11.8 Å². The lowest BCUT2D eigenvalue weighted by Gasteiger charge is -2.28. The SMILES string of the molecule is CC(CC1CCC1)NCCCC1CC1. The molecule has 2 rings (SSSR count). The van der Waals surface area contributed by atoms with E-state index < -0.39 is 0 Å². The minimum atomic E-state index is 0.763. The van der Waals surface area contributed by atoms with E-state index in [-0.39, 0.29) is 0 Å². The number of hydrogen-bond donors (Lipinski definition) is 1. The summed E-state index contributed by atoms with van der Waals surface area (Å²) in [6, 6.07) is 0.763. The predicted octanol–water partition coefficient (Wildman–Crippen LogP) is 3.34. The number of hydrogen-bond acceptors (Lipinski definition) is 1. The highest BCUT2D eigenvalue weighted by Crippen LogP contribution is 2.33. The number of nitrogens with one attached hydrogen (secondary N) is 1. The highest BCUT2D eigenvalue weighted by atomic mass is 14.9. The minimum Gasteiger partial charge on any atom is -0.314 e. The molecular formula is C13H25N. The fraction of sp³-hybridized carbons (Fsp3) is 1.00. The van der Waals surface area contributed by atoms with Crippen molar-refractivity contribution in [1.29, 1.82) is 0 Å². The Labute approximate surface area is 88.7 Å². The van der Waals surface area contributed by atoms with Crippen LogP contribution in [0.15, 0.2) is 0 Å². The summed E-state index contributed by atoms with van der Waals surface area (Å²) < 4.78 is 0. The molecular weight excluding hydrogens is 170 g/mol. The Hall–Kier alpha value is -0.0400. The summed E-state index contributed by atoms with van der Waals surface area (Å²) in [6.07, 6.45) is 11.8. The van der Waals surface area contributed by atoms with Gasteiger partial charge in [0.1, 0.15) is 0 Å². The third-order valence-electron chi connectivity index (χ3n) is 3.89. The van der Waals surface area contributed by atoms with Crippen LogP contribution in [0.3, 0.4) is 0 Å². The van der Waals surface area contributed by atoms with Crippen LogP contribution >= 0.6 is 0 Å². The molecule has 0 aromatic carbocycles. The molecule has 0 bridgehead atoms. The van der Waals surface area contributed by atoms with E-state index in [0.717, 1.165) is 17.9 Å². The fourth-order valence-electron chi connectivity index (χ4n) is 2.46. The molecule has 2 aliphatic carbocycles. The van der Waals surface area contributed by atoms with Crippen LogP contribution in [0.5, 0.6) is 0 Å². The van der Waals surface area contributed by atoms with Gasteiger partial charge in [-0.3, -0.25) is 0 Å². The lowest BCUT2D eigenvalue weighted by atomic mass is 9.81. The zero-order valence-electron chi connectivity index (χ0n) is 9.60. The molecule has 1 nitrogen and oxygen atoms in total. The van der Waals surface area contributed by atoms with Crippen molar-refractivity contribution in [1.82, 2.24) is 5.32 Å². The average Bonchev–Trinajstić information content (AvgIpc) is 2.89. The standard InChI is InChI=1S/C13H25N/c1-11(10-13-4-2-5-13)14-9-3-6-12-7-8-12/h11-14H,2-10H2,1H3. The van der Waals surface area contributed by atoms with Gasteiger partial charge in [-0.1, -0.05) is 32.1 Å². The van der Waals surface area contributed by atoms with Crippen molar-refractivity contribution in [2.45, 2.75) is 64.3 Å². The van der Waals surface area contributed by atoms with Crippen molar-refractivity contribution in [3.05, 3.63) is 0 Å². The van der Waals surface area contributed by atoms with Crippen molar-refractivity contribution in [3.8, 4) is 0 Å². The first-order valence-electron chi connectivity index (χ1n) is 6.58. The molecule has 0 radical (unpaired) electrons. The first-order chi connectivity index (χ1) is 6.84. The molecule has 1 heteroatoms. The van der Waals surface area contributed by atoms with Crippen LogP contribution in [0.25, 0.3) is 0 Å². The molecule has 2 fully saturated rings. The van der Waals surface area contributed by atoms with Gasteiger partial charge in [0.2, 0.25) is 0 Å². The second-order valence-electron chi connectivity index (χ2n) is 5.47. The van der Waals surface area contributed by atoms with Gasteiger partial charge in [0.25, 0.3) is 0 Å². The molecule has 1 atom stereocenters. The summed E-state index contributed by atoms with van der Waals surface area (Å²) in [4.78, 5) is 0. The van der Waals surface area contributed by atoms with Gasteiger partial charge in [0, 0.05) is 6.04 Å². The highest BCUT2D eigenvalue weighted by molar-refractivity contribution is 4.76. The zero-order chi connectivity index (χ0) is 9.80. The van der Waals surface area contributed by atoms with E-state index >= 15 is 0 Å². The summed E-state index contributed by atoms with van der Waals surface area (Å²) in [5.41, 5.74) is 0. The third-order valence-corrected chi connectivity index (χ3v) is 3.89. The summed E-state index contributed by atoms with van der Waals surface area (Å²) in [6.45, 7) is 3.61. The topological polar surface area (TPSA) is 12.0 Å². The Morgan fingerprint density at radius 1 is 1.14 bits per heavy atom. The summed E-state index contributed by atoms with van der Waals surface area (Å²) in [5.74, 6) is 2.17. The molecule has 2 aliphatic rings. The van der Waals surface area contributed by atoms with Gasteiger partial charge >= 0.3 is 0 Å². The van der Waals surface area contributed by atoms with Crippen LogP contribution in [-0.2, 0) is 0 Å². The molecule has 0 aromatic heterocycles. The molecule has 1 unspecified atom stereocenters. The maximum Gasteiger partial charge on any atom is 0.00413 e. The Bertz CT molecular complexity index is 159. The Morgan fingerprint density at radius 2 is 1.93 bits per heavy atom. The zero-order valence-corrected chi connectivity index (χ0v) is 9.60. The lowest BCUT2D eigenvalue weighted by molar-refractivity contribution is 0.265. The van der Waals surface area contributed by atoms with Gasteiger partial charge in [0.05, 0.1) is 0 Å². The maximum atomic E-state index is 3.66. The molecule has 14 heavy (non-hydrogen) atoms. The molecule has 0 saturated heterocycles. The largest absolute Gasteiger partial charge is 0.314 e. The van der Waals surface area contributed by atoms with E-state index in [9.17, 15) is 0 Å². The van der Waals surface area contributed by atoms with E-state index in [4.69, 9.17) is 0 Å². The minimum absolute atomic E-state index is 0.763. The van der Waals surface area contributed by atoms with Gasteiger partial charge in [-0.05, 0) is 44.6 Å². The van der Waals surface area contributed by atoms with Crippen LogP contribution in [-0.4, -0.2) is 12.6 Å². The van der Waals surface area contributed by atoms with Crippen LogP contribution < -0.4 is 5.32 Å². The van der Waals surface area contributed by atoms with Crippen LogP contribution in [0.4, 0.5) is 0 Å². The molecule has 1 N–H and O–H groups in total. The smallest absolute Gasteiger partial charge is 0.00413 e. The van der Waals surface area contributed by atoms with E-state index in [0.29, 0.717) is 0 Å². The molecule has 0 amide bonds. The van der Waals surface area contributed by atoms with E-state index in [1.54, 1.807) is 0 Å². The second-order valence-corrected chi connectivity index (χ2v) is 5.47. The van der Waals surface area contributed by atoms with Gasteiger partial charge in [-0.2, -0.15) is 0 Å². The molecule has 0 aromatic rings. The summed E-state index contributed by atoms with van der Waals surface area (Å²) in [7, 11) is 0. The predicted molar refractivity (Wildman–Crippen MR) is 61.4 cm³/mol. The van der Waals surface area contributed by atoms with Gasteiger partial charge < -0.3 is 5.32 Å². The Balaban J connectivity index is 1.42. The second kappa shape index (κ2) is 5.16. The summed E-state index contributed by atoms with van der Waals surface area (Å²) >= 11 is 0. The molecule has 0 spiro atoms. The normalized spacial score (nSPS) is 24.6. The van der Waals surface area contributed by atoms with Crippen LogP contribution in [0.1, 0.15) is 58.3 Å². The van der Waals surface area contributed by atoms with Crippen molar-refractivity contribution in [3.63, 3.8) is 0 Å². The maximum absolute atomic E-state index is 3.66. The molecule has 0 aliphatic heterocycles. The monoisotopic (exact) mass is 195 g/mol. The van der Waals surface area contributed by atoms with Crippen molar-refractivity contribution in [2.75, 3.05) is 6.54 Å². The van der Waals surface area contributed by atoms with E-state index in [2.05, 4.69) is 12.2 Å². The van der Waals surface area contributed by atoms with E-state index in [1.807, 2.05) is 0 Å². The van der Waals surface area contributed by atoms with Crippen LogP contribution in [0.2, 0.25) is 0 Å². The fourth-order valence-corrected chi connectivity index (χ4v) is 2.46. The Morgan fingerprint density at radius 3 is 2.50 bits per heavy atom. The lowest BCUT2D eigenvalue weighted by Crippen LogP contribution is -2.30. The van der Waals surface area contributed by atoms with Gasteiger partial charge in [0.15, 0.2) is 0 Å². The average molecular weight is 195 g/mol. The molecule has 0 heterocycles. The first-order valence-corrected chi connectivity index (χ1v) is 6.58. The Kier molecular flexibility index (Phi) is 3.86. The van der Waals surface area contributed by atoms with E-state index in [1.165, 1.54) is 57.9 Å². The number of rotatable bonds is 7. The quantitative estimate of drug-likeness (QED) is 0.614. The summed E-state index contributed by atoms with van der Waals surface area (Å²) in [5, 5.41) is 3.66.